The Labute approximate surface area is 200 Å². The molecule has 34 heavy (non-hydrogen) atoms. The van der Waals surface area contributed by atoms with Crippen molar-refractivity contribution in [2.45, 2.75) is 56.4 Å². The highest BCUT2D eigenvalue weighted by molar-refractivity contribution is 6.10. The molecular weight excluding hydrogens is 430 g/mol. The molecule has 7 heteroatoms. The Morgan fingerprint density at radius 1 is 1.12 bits per heavy atom. The van der Waals surface area contributed by atoms with Crippen molar-refractivity contribution in [1.29, 1.82) is 0 Å². The van der Waals surface area contributed by atoms with Crippen molar-refractivity contribution in [2.24, 2.45) is 5.92 Å². The van der Waals surface area contributed by atoms with Gasteiger partial charge in [-0.3, -0.25) is 24.3 Å². The van der Waals surface area contributed by atoms with Crippen molar-refractivity contribution in [3.8, 4) is 5.75 Å². The number of hydrogen-bond acceptors (Lipinski definition) is 5. The molecule has 0 N–H and O–H groups in total. The third kappa shape index (κ3) is 4.31. The van der Waals surface area contributed by atoms with Gasteiger partial charge in [-0.05, 0) is 49.3 Å². The lowest BCUT2D eigenvalue weighted by Crippen LogP contribution is -2.44. The Balaban J connectivity index is 1.31. The van der Waals surface area contributed by atoms with E-state index in [-0.39, 0.29) is 43.1 Å². The molecule has 7 nitrogen and oxygen atoms in total. The molecular formula is C27H31N3O4. The Hall–Kier alpha value is -3.22. The van der Waals surface area contributed by atoms with Crippen molar-refractivity contribution < 1.29 is 19.1 Å². The Kier molecular flexibility index (Phi) is 6.35. The number of fused-ring (bicyclic) bond motifs is 2. The smallest absolute Gasteiger partial charge is 0.240 e. The van der Waals surface area contributed by atoms with Crippen molar-refractivity contribution >= 4 is 17.7 Å². The van der Waals surface area contributed by atoms with Gasteiger partial charge in [0.2, 0.25) is 17.7 Å². The van der Waals surface area contributed by atoms with Crippen LogP contribution in [0.2, 0.25) is 0 Å². The van der Waals surface area contributed by atoms with Gasteiger partial charge in [-0.25, -0.2) is 0 Å². The summed E-state index contributed by atoms with van der Waals surface area (Å²) in [6.07, 6.45) is 8.35. The van der Waals surface area contributed by atoms with E-state index in [0.717, 1.165) is 31.4 Å². The minimum Gasteiger partial charge on any atom is -0.492 e. The summed E-state index contributed by atoms with van der Waals surface area (Å²) in [5, 5.41) is 0. The number of aromatic nitrogens is 1. The predicted octanol–water partition coefficient (Wildman–Crippen LogP) is 3.34. The van der Waals surface area contributed by atoms with Gasteiger partial charge in [0.05, 0.1) is 18.2 Å². The van der Waals surface area contributed by atoms with Crippen LogP contribution in [-0.2, 0) is 19.8 Å². The Morgan fingerprint density at radius 2 is 1.97 bits per heavy atom. The van der Waals surface area contributed by atoms with E-state index in [1.165, 1.54) is 11.3 Å². The average molecular weight is 462 g/mol. The van der Waals surface area contributed by atoms with E-state index < -0.39 is 5.41 Å². The molecule has 0 unspecified atom stereocenters. The number of benzene rings is 1. The molecule has 3 aliphatic rings. The highest BCUT2D eigenvalue weighted by Crippen LogP contribution is 2.42. The number of carbonyl (C=O) groups excluding carboxylic acids is 3. The average Bonchev–Trinajstić information content (AvgIpc) is 3.29. The molecule has 3 atom stereocenters. The quantitative estimate of drug-likeness (QED) is 0.445. The van der Waals surface area contributed by atoms with Crippen LogP contribution in [0.4, 0.5) is 0 Å². The maximum atomic E-state index is 13.8. The zero-order valence-corrected chi connectivity index (χ0v) is 19.4. The molecule has 0 spiro atoms. The summed E-state index contributed by atoms with van der Waals surface area (Å²) >= 11 is 0. The third-order valence-corrected chi connectivity index (χ3v) is 7.59. The van der Waals surface area contributed by atoms with E-state index in [9.17, 15) is 14.4 Å². The molecule has 1 aliphatic carbocycles. The zero-order chi connectivity index (χ0) is 23.5. The summed E-state index contributed by atoms with van der Waals surface area (Å²) in [7, 11) is 0. The summed E-state index contributed by atoms with van der Waals surface area (Å²) in [4.78, 5) is 47.7. The molecule has 1 aromatic heterocycles. The first-order chi connectivity index (χ1) is 16.6. The number of pyridine rings is 1. The SMILES string of the molecule is O=C1C[C@](CC(=O)N2C[C@H]3CCC[C@H]2C3)(c2ccccc2)C(=O)N1CCCOc1cccnc1. The van der Waals surface area contributed by atoms with Crippen molar-refractivity contribution in [3.05, 3.63) is 60.4 Å². The summed E-state index contributed by atoms with van der Waals surface area (Å²) in [5.74, 6) is 0.749. The summed E-state index contributed by atoms with van der Waals surface area (Å²) in [6.45, 7) is 1.43. The van der Waals surface area contributed by atoms with Crippen LogP contribution in [-0.4, -0.2) is 58.2 Å². The number of ether oxygens (including phenoxy) is 1. The molecule has 5 rings (SSSR count). The molecule has 2 aromatic rings. The summed E-state index contributed by atoms with van der Waals surface area (Å²) < 4.78 is 5.67. The largest absolute Gasteiger partial charge is 0.492 e. The lowest BCUT2D eigenvalue weighted by molar-refractivity contribution is -0.143. The molecule has 1 saturated carbocycles. The van der Waals surface area contributed by atoms with Crippen molar-refractivity contribution in [2.75, 3.05) is 19.7 Å². The lowest BCUT2D eigenvalue weighted by atomic mass is 9.75. The Morgan fingerprint density at radius 3 is 2.74 bits per heavy atom. The second-order valence-electron chi connectivity index (χ2n) is 9.78. The van der Waals surface area contributed by atoms with Crippen LogP contribution in [0.1, 0.15) is 50.5 Å². The first kappa shape index (κ1) is 22.6. The molecule has 0 radical (unpaired) electrons. The molecule has 178 valence electrons. The second-order valence-corrected chi connectivity index (χ2v) is 9.78. The number of likely N-dealkylation sites (tertiary alicyclic amines) is 2. The van der Waals surface area contributed by atoms with Gasteiger partial charge in [-0.2, -0.15) is 0 Å². The van der Waals surface area contributed by atoms with Gasteiger partial charge < -0.3 is 9.64 Å². The summed E-state index contributed by atoms with van der Waals surface area (Å²) in [6, 6.07) is 13.3. The monoisotopic (exact) mass is 461 g/mol. The number of amides is 3. The number of hydrogen-bond donors (Lipinski definition) is 0. The van der Waals surface area contributed by atoms with Crippen LogP contribution < -0.4 is 4.74 Å². The van der Waals surface area contributed by atoms with E-state index in [0.29, 0.717) is 24.7 Å². The van der Waals surface area contributed by atoms with E-state index in [4.69, 9.17) is 4.74 Å². The molecule has 2 saturated heterocycles. The van der Waals surface area contributed by atoms with Gasteiger partial charge in [0.15, 0.2) is 0 Å². The fourth-order valence-electron chi connectivity index (χ4n) is 5.90. The summed E-state index contributed by atoms with van der Waals surface area (Å²) in [5.41, 5.74) is -0.381. The van der Waals surface area contributed by atoms with Gasteiger partial charge in [0, 0.05) is 38.2 Å². The Bertz CT molecular complexity index is 1040. The predicted molar refractivity (Wildman–Crippen MR) is 126 cm³/mol. The highest BCUT2D eigenvalue weighted by atomic mass is 16.5. The zero-order valence-electron chi connectivity index (χ0n) is 19.4. The first-order valence-corrected chi connectivity index (χ1v) is 12.3. The normalized spacial score (nSPS) is 26.2. The van der Waals surface area contributed by atoms with Gasteiger partial charge in [0.1, 0.15) is 5.75 Å². The van der Waals surface area contributed by atoms with Gasteiger partial charge in [-0.15, -0.1) is 0 Å². The topological polar surface area (TPSA) is 79.8 Å². The maximum Gasteiger partial charge on any atom is 0.240 e. The van der Waals surface area contributed by atoms with E-state index in [1.807, 2.05) is 41.3 Å². The number of nitrogens with zero attached hydrogens (tertiary/aromatic N) is 3. The number of rotatable bonds is 8. The van der Waals surface area contributed by atoms with E-state index in [2.05, 4.69) is 4.98 Å². The molecule has 3 heterocycles. The second kappa shape index (κ2) is 9.57. The van der Waals surface area contributed by atoms with Crippen molar-refractivity contribution in [3.63, 3.8) is 0 Å². The molecule has 3 fully saturated rings. The van der Waals surface area contributed by atoms with Crippen LogP contribution in [0.5, 0.6) is 5.75 Å². The molecule has 1 aromatic carbocycles. The fourth-order valence-corrected chi connectivity index (χ4v) is 5.90. The van der Waals surface area contributed by atoms with E-state index >= 15 is 0 Å². The standard InChI is InChI=1S/C27H31N3O4/c31-24-16-27(21-8-2-1-3-9-21,17-25(32)30-19-20-7-4-10-22(30)15-20)26(33)29(24)13-6-14-34-23-11-5-12-28-18-23/h1-3,5,8-9,11-12,18,20,22H,4,6-7,10,13-17,19H2/t20-,22-,27-/m0/s1. The highest BCUT2D eigenvalue weighted by Gasteiger charge is 2.54. The van der Waals surface area contributed by atoms with Gasteiger partial charge in [-0.1, -0.05) is 36.8 Å². The van der Waals surface area contributed by atoms with Crippen LogP contribution >= 0.6 is 0 Å². The van der Waals surface area contributed by atoms with Crippen molar-refractivity contribution in [1.82, 2.24) is 14.8 Å². The minimum atomic E-state index is -1.13. The number of carbonyl (C=O) groups is 3. The van der Waals surface area contributed by atoms with Crippen LogP contribution in [0, 0.1) is 5.92 Å². The molecule has 2 aliphatic heterocycles. The molecule has 3 amide bonds. The maximum absolute atomic E-state index is 13.8. The number of imide groups is 1. The molecule has 2 bridgehead atoms. The lowest BCUT2D eigenvalue weighted by Gasteiger charge is -2.31. The minimum absolute atomic E-state index is 0.00108. The van der Waals surface area contributed by atoms with Gasteiger partial charge in [0.25, 0.3) is 0 Å². The fraction of sp³-hybridized carbons (Fsp3) is 0.481. The van der Waals surface area contributed by atoms with Crippen LogP contribution in [0.15, 0.2) is 54.9 Å². The van der Waals surface area contributed by atoms with Gasteiger partial charge >= 0.3 is 0 Å². The van der Waals surface area contributed by atoms with Crippen LogP contribution in [0.25, 0.3) is 0 Å². The van der Waals surface area contributed by atoms with E-state index in [1.54, 1.807) is 18.5 Å². The van der Waals surface area contributed by atoms with Crippen LogP contribution in [0.3, 0.4) is 0 Å². The first-order valence-electron chi connectivity index (χ1n) is 12.3. The third-order valence-electron chi connectivity index (χ3n) is 7.59.